The Balaban J connectivity index is 1.94. The van der Waals surface area contributed by atoms with Crippen LogP contribution in [0.25, 0.3) is 0 Å². The van der Waals surface area contributed by atoms with Crippen LogP contribution in [0.15, 0.2) is 0 Å². The Bertz CT molecular complexity index is 196. The largest absolute Gasteiger partial charge is 0.379 e. The lowest BCUT2D eigenvalue weighted by atomic mass is 10.3. The number of morpholine rings is 1. The second kappa shape index (κ2) is 8.73. The number of unbranched alkanes of at least 4 members (excludes halogenated alkanes) is 1. The van der Waals surface area contributed by atoms with E-state index in [-0.39, 0.29) is 0 Å². The lowest BCUT2D eigenvalue weighted by Gasteiger charge is -2.26. The van der Waals surface area contributed by atoms with Crippen LogP contribution in [0, 0.1) is 0 Å². The van der Waals surface area contributed by atoms with E-state index in [9.17, 15) is 0 Å². The summed E-state index contributed by atoms with van der Waals surface area (Å²) >= 11 is 5.17. The molecule has 0 aromatic heterocycles. The Morgan fingerprint density at radius 2 is 1.94 bits per heavy atom. The molecule has 0 radical (unpaired) electrons. The minimum atomic E-state index is 0.779. The van der Waals surface area contributed by atoms with E-state index in [0.717, 1.165) is 51.0 Å². The van der Waals surface area contributed by atoms with Gasteiger partial charge in [-0.05, 0) is 18.6 Å². The third kappa shape index (κ3) is 6.25. The van der Waals surface area contributed by atoms with Gasteiger partial charge in [-0.2, -0.15) is 0 Å². The molecular formula is C11H23N3OS. The van der Waals surface area contributed by atoms with Crippen molar-refractivity contribution in [3.05, 3.63) is 0 Å². The van der Waals surface area contributed by atoms with Crippen molar-refractivity contribution in [2.75, 3.05) is 45.9 Å². The molecule has 1 rings (SSSR count). The van der Waals surface area contributed by atoms with Crippen molar-refractivity contribution in [2.45, 2.75) is 19.8 Å². The topological polar surface area (TPSA) is 36.5 Å². The summed E-state index contributed by atoms with van der Waals surface area (Å²) in [6.07, 6.45) is 2.37. The molecule has 16 heavy (non-hydrogen) atoms. The number of hydrogen-bond acceptors (Lipinski definition) is 3. The molecule has 0 atom stereocenters. The summed E-state index contributed by atoms with van der Waals surface area (Å²) in [5.41, 5.74) is 0. The van der Waals surface area contributed by atoms with Crippen LogP contribution in [-0.4, -0.2) is 55.9 Å². The Morgan fingerprint density at radius 1 is 1.25 bits per heavy atom. The number of thiocarbonyl (C=S) groups is 1. The molecule has 1 heterocycles. The highest BCUT2D eigenvalue weighted by atomic mass is 32.1. The third-order valence-electron chi connectivity index (χ3n) is 2.63. The second-order valence-corrected chi connectivity index (χ2v) is 4.40. The average Bonchev–Trinajstić information content (AvgIpc) is 2.31. The number of nitrogens with one attached hydrogen (secondary N) is 2. The first kappa shape index (κ1) is 13.7. The van der Waals surface area contributed by atoms with Gasteiger partial charge >= 0.3 is 0 Å². The van der Waals surface area contributed by atoms with Crippen molar-refractivity contribution >= 4 is 17.3 Å². The summed E-state index contributed by atoms with van der Waals surface area (Å²) in [5.74, 6) is 0. The van der Waals surface area contributed by atoms with Crippen LogP contribution in [0.1, 0.15) is 19.8 Å². The molecule has 1 aliphatic rings. The lowest BCUT2D eigenvalue weighted by molar-refractivity contribution is 0.0389. The summed E-state index contributed by atoms with van der Waals surface area (Å²) in [6, 6.07) is 0. The third-order valence-corrected chi connectivity index (χ3v) is 2.92. The maximum absolute atomic E-state index is 5.29. The zero-order valence-electron chi connectivity index (χ0n) is 10.1. The Morgan fingerprint density at radius 3 is 2.62 bits per heavy atom. The Hall–Kier alpha value is -0.390. The molecule has 0 saturated carbocycles. The molecule has 0 bridgehead atoms. The monoisotopic (exact) mass is 245 g/mol. The zero-order valence-corrected chi connectivity index (χ0v) is 10.9. The van der Waals surface area contributed by atoms with Crippen LogP contribution in [0.5, 0.6) is 0 Å². The van der Waals surface area contributed by atoms with Crippen molar-refractivity contribution < 1.29 is 4.74 Å². The van der Waals surface area contributed by atoms with E-state index in [4.69, 9.17) is 17.0 Å². The first-order chi connectivity index (χ1) is 7.83. The van der Waals surface area contributed by atoms with Gasteiger partial charge in [-0.15, -0.1) is 0 Å². The summed E-state index contributed by atoms with van der Waals surface area (Å²) in [5, 5.41) is 7.20. The fourth-order valence-corrected chi connectivity index (χ4v) is 1.80. The fourth-order valence-electron chi connectivity index (χ4n) is 1.59. The molecule has 1 saturated heterocycles. The molecular weight excluding hydrogens is 222 g/mol. The molecule has 2 N–H and O–H groups in total. The van der Waals surface area contributed by atoms with Crippen molar-refractivity contribution in [3.8, 4) is 0 Å². The minimum Gasteiger partial charge on any atom is -0.379 e. The highest BCUT2D eigenvalue weighted by Crippen LogP contribution is 1.94. The summed E-state index contributed by atoms with van der Waals surface area (Å²) in [4.78, 5) is 2.39. The standard InChI is InChI=1S/C11H23N3OS/c1-2-3-4-12-11(16)13-5-6-14-7-9-15-10-8-14/h2-10H2,1H3,(H2,12,13,16). The van der Waals surface area contributed by atoms with Gasteiger partial charge < -0.3 is 15.4 Å². The molecule has 0 amide bonds. The molecule has 0 aromatic rings. The van der Waals surface area contributed by atoms with Crippen LogP contribution in [0.2, 0.25) is 0 Å². The van der Waals surface area contributed by atoms with Gasteiger partial charge in [0.25, 0.3) is 0 Å². The molecule has 4 nitrogen and oxygen atoms in total. The van der Waals surface area contributed by atoms with Gasteiger partial charge in [0, 0.05) is 32.7 Å². The van der Waals surface area contributed by atoms with E-state index in [1.54, 1.807) is 0 Å². The maximum atomic E-state index is 5.29. The molecule has 0 unspecified atom stereocenters. The predicted molar refractivity (Wildman–Crippen MR) is 70.8 cm³/mol. The molecule has 1 fully saturated rings. The second-order valence-electron chi connectivity index (χ2n) is 3.99. The first-order valence-corrected chi connectivity index (χ1v) is 6.55. The van der Waals surface area contributed by atoms with Crippen molar-refractivity contribution in [1.82, 2.24) is 15.5 Å². The van der Waals surface area contributed by atoms with E-state index in [0.29, 0.717) is 0 Å². The zero-order chi connectivity index (χ0) is 11.6. The van der Waals surface area contributed by atoms with Crippen molar-refractivity contribution in [2.24, 2.45) is 0 Å². The van der Waals surface area contributed by atoms with Gasteiger partial charge in [0.05, 0.1) is 13.2 Å². The van der Waals surface area contributed by atoms with Gasteiger partial charge in [0.2, 0.25) is 0 Å². The van der Waals surface area contributed by atoms with Crippen LogP contribution in [-0.2, 0) is 4.74 Å². The van der Waals surface area contributed by atoms with Crippen molar-refractivity contribution in [3.63, 3.8) is 0 Å². The van der Waals surface area contributed by atoms with E-state index in [2.05, 4.69) is 22.5 Å². The summed E-state index contributed by atoms with van der Waals surface area (Å²) in [7, 11) is 0. The average molecular weight is 245 g/mol. The fraction of sp³-hybridized carbons (Fsp3) is 0.909. The predicted octanol–water partition coefficient (Wildman–Crippen LogP) is 0.583. The molecule has 0 aliphatic carbocycles. The first-order valence-electron chi connectivity index (χ1n) is 6.14. The lowest BCUT2D eigenvalue weighted by Crippen LogP contribution is -2.43. The number of rotatable bonds is 6. The molecule has 1 aliphatic heterocycles. The van der Waals surface area contributed by atoms with Gasteiger partial charge in [0.1, 0.15) is 0 Å². The van der Waals surface area contributed by atoms with Crippen molar-refractivity contribution in [1.29, 1.82) is 0 Å². The highest BCUT2D eigenvalue weighted by molar-refractivity contribution is 7.80. The maximum Gasteiger partial charge on any atom is 0.166 e. The summed E-state index contributed by atoms with van der Waals surface area (Å²) in [6.45, 7) is 8.90. The Labute approximate surface area is 104 Å². The number of ether oxygens (including phenoxy) is 1. The van der Waals surface area contributed by atoms with Crippen LogP contribution in [0.4, 0.5) is 0 Å². The molecule has 0 spiro atoms. The van der Waals surface area contributed by atoms with E-state index in [1.165, 1.54) is 12.8 Å². The van der Waals surface area contributed by atoms with E-state index < -0.39 is 0 Å². The number of hydrogen-bond donors (Lipinski definition) is 2. The summed E-state index contributed by atoms with van der Waals surface area (Å²) < 4.78 is 5.29. The SMILES string of the molecule is CCCCNC(=S)NCCN1CCOCC1. The quantitative estimate of drug-likeness (QED) is 0.529. The smallest absolute Gasteiger partial charge is 0.166 e. The van der Waals surface area contributed by atoms with Crippen LogP contribution >= 0.6 is 12.2 Å². The number of nitrogens with zero attached hydrogens (tertiary/aromatic N) is 1. The molecule has 0 aromatic carbocycles. The molecule has 5 heteroatoms. The van der Waals surface area contributed by atoms with Gasteiger partial charge in [-0.3, -0.25) is 4.90 Å². The Kier molecular flexibility index (Phi) is 7.46. The van der Waals surface area contributed by atoms with Crippen LogP contribution < -0.4 is 10.6 Å². The van der Waals surface area contributed by atoms with Gasteiger partial charge in [-0.25, -0.2) is 0 Å². The minimum absolute atomic E-state index is 0.779. The van der Waals surface area contributed by atoms with E-state index >= 15 is 0 Å². The normalized spacial score (nSPS) is 17.1. The van der Waals surface area contributed by atoms with E-state index in [1.807, 2.05) is 0 Å². The van der Waals surface area contributed by atoms with Gasteiger partial charge in [0.15, 0.2) is 5.11 Å². The van der Waals surface area contributed by atoms with Gasteiger partial charge in [-0.1, -0.05) is 13.3 Å². The molecule has 94 valence electrons. The van der Waals surface area contributed by atoms with Crippen LogP contribution in [0.3, 0.4) is 0 Å². The highest BCUT2D eigenvalue weighted by Gasteiger charge is 2.09.